The van der Waals surface area contributed by atoms with Crippen LogP contribution in [0.4, 0.5) is 4.79 Å². The first-order valence-electron chi connectivity index (χ1n) is 6.29. The fourth-order valence-electron chi connectivity index (χ4n) is 1.20. The standard InChI is InChI=1S/C12H25N3O3/c1-12(2,3)18-11(17)15-9-5-4-8-14-10(16)6-7-13/h4-9,13H2,1-3H3,(H,14,16)(H,15,17). The molecule has 0 rings (SSSR count). The van der Waals surface area contributed by atoms with Crippen LogP contribution in [0, 0.1) is 0 Å². The second-order valence-electron chi connectivity index (χ2n) is 5.02. The Morgan fingerprint density at radius 3 is 2.17 bits per heavy atom. The normalized spacial score (nSPS) is 10.9. The molecule has 0 fully saturated rings. The van der Waals surface area contributed by atoms with E-state index in [0.29, 0.717) is 26.1 Å². The third kappa shape index (κ3) is 11.2. The number of rotatable bonds is 7. The quantitative estimate of drug-likeness (QED) is 0.588. The van der Waals surface area contributed by atoms with E-state index in [4.69, 9.17) is 10.5 Å². The Morgan fingerprint density at radius 1 is 1.11 bits per heavy atom. The Labute approximate surface area is 109 Å². The highest BCUT2D eigenvalue weighted by Gasteiger charge is 2.15. The molecular formula is C12H25N3O3. The van der Waals surface area contributed by atoms with Crippen LogP contribution in [-0.4, -0.2) is 37.2 Å². The van der Waals surface area contributed by atoms with E-state index in [1.807, 2.05) is 20.8 Å². The van der Waals surface area contributed by atoms with Crippen LogP contribution >= 0.6 is 0 Å². The fraction of sp³-hybridized carbons (Fsp3) is 0.833. The predicted octanol–water partition coefficient (Wildman–Crippen LogP) is 0.756. The Morgan fingerprint density at radius 2 is 1.67 bits per heavy atom. The van der Waals surface area contributed by atoms with E-state index in [1.54, 1.807) is 0 Å². The molecule has 0 bridgehead atoms. The Balaban J connectivity index is 3.41. The molecule has 0 aliphatic carbocycles. The number of carbonyl (C=O) groups excluding carboxylic acids is 2. The smallest absolute Gasteiger partial charge is 0.407 e. The summed E-state index contributed by atoms with van der Waals surface area (Å²) in [4.78, 5) is 22.3. The summed E-state index contributed by atoms with van der Waals surface area (Å²) < 4.78 is 5.08. The highest BCUT2D eigenvalue weighted by atomic mass is 16.6. The summed E-state index contributed by atoms with van der Waals surface area (Å²) in [7, 11) is 0. The minimum atomic E-state index is -0.472. The van der Waals surface area contributed by atoms with Crippen LogP contribution in [0.3, 0.4) is 0 Å². The van der Waals surface area contributed by atoms with Crippen molar-refractivity contribution < 1.29 is 14.3 Å². The summed E-state index contributed by atoms with van der Waals surface area (Å²) in [6.07, 6.45) is 1.55. The largest absolute Gasteiger partial charge is 0.444 e. The van der Waals surface area contributed by atoms with Crippen molar-refractivity contribution in [3.8, 4) is 0 Å². The van der Waals surface area contributed by atoms with Gasteiger partial charge in [-0.3, -0.25) is 4.79 Å². The highest BCUT2D eigenvalue weighted by molar-refractivity contribution is 5.75. The molecule has 0 aromatic carbocycles. The fourth-order valence-corrected chi connectivity index (χ4v) is 1.20. The molecule has 106 valence electrons. The number of nitrogens with one attached hydrogen (secondary N) is 2. The van der Waals surface area contributed by atoms with Crippen molar-refractivity contribution in [3.05, 3.63) is 0 Å². The zero-order valence-electron chi connectivity index (χ0n) is 11.5. The number of unbranched alkanes of at least 4 members (excludes halogenated alkanes) is 1. The van der Waals surface area contributed by atoms with Gasteiger partial charge in [-0.1, -0.05) is 0 Å². The van der Waals surface area contributed by atoms with Crippen molar-refractivity contribution >= 4 is 12.0 Å². The molecule has 0 saturated heterocycles. The van der Waals surface area contributed by atoms with Gasteiger partial charge in [0.1, 0.15) is 5.60 Å². The van der Waals surface area contributed by atoms with Gasteiger partial charge in [-0.2, -0.15) is 0 Å². The average molecular weight is 259 g/mol. The Hall–Kier alpha value is -1.30. The summed E-state index contributed by atoms with van der Waals surface area (Å²) in [5.41, 5.74) is 4.77. The number of nitrogens with two attached hydrogens (primary N) is 1. The first-order chi connectivity index (χ1) is 8.35. The summed E-state index contributed by atoms with van der Waals surface area (Å²) in [5, 5.41) is 5.41. The molecule has 6 heteroatoms. The molecule has 0 aromatic heterocycles. The maximum absolute atomic E-state index is 11.3. The van der Waals surface area contributed by atoms with Crippen molar-refractivity contribution in [3.63, 3.8) is 0 Å². The molecule has 0 unspecified atom stereocenters. The van der Waals surface area contributed by atoms with Crippen LogP contribution < -0.4 is 16.4 Å². The second-order valence-corrected chi connectivity index (χ2v) is 5.02. The van der Waals surface area contributed by atoms with Crippen LogP contribution in [0.1, 0.15) is 40.0 Å². The second kappa shape index (κ2) is 8.74. The molecule has 4 N–H and O–H groups in total. The highest BCUT2D eigenvalue weighted by Crippen LogP contribution is 2.06. The van der Waals surface area contributed by atoms with Crippen molar-refractivity contribution in [2.45, 2.75) is 45.6 Å². The van der Waals surface area contributed by atoms with Gasteiger partial charge in [0.05, 0.1) is 0 Å². The van der Waals surface area contributed by atoms with Crippen molar-refractivity contribution in [2.24, 2.45) is 5.73 Å². The number of hydrogen-bond donors (Lipinski definition) is 3. The van der Waals surface area contributed by atoms with E-state index in [9.17, 15) is 9.59 Å². The van der Waals surface area contributed by atoms with Gasteiger partial charge in [0.15, 0.2) is 0 Å². The Kier molecular flexibility index (Phi) is 8.11. The van der Waals surface area contributed by atoms with E-state index in [-0.39, 0.29) is 5.91 Å². The number of alkyl carbamates (subject to hydrolysis) is 1. The molecule has 0 radical (unpaired) electrons. The third-order valence-corrected chi connectivity index (χ3v) is 1.97. The minimum Gasteiger partial charge on any atom is -0.444 e. The lowest BCUT2D eigenvalue weighted by Crippen LogP contribution is -2.33. The summed E-state index contributed by atoms with van der Waals surface area (Å²) in [6, 6.07) is 0. The van der Waals surface area contributed by atoms with E-state index < -0.39 is 11.7 Å². The molecule has 0 aliphatic heterocycles. The van der Waals surface area contributed by atoms with E-state index >= 15 is 0 Å². The lowest BCUT2D eigenvalue weighted by Gasteiger charge is -2.19. The van der Waals surface area contributed by atoms with Gasteiger partial charge in [0.25, 0.3) is 0 Å². The molecular weight excluding hydrogens is 234 g/mol. The van der Waals surface area contributed by atoms with Gasteiger partial charge >= 0.3 is 6.09 Å². The summed E-state index contributed by atoms with van der Waals surface area (Å²) in [6.45, 7) is 6.97. The lowest BCUT2D eigenvalue weighted by molar-refractivity contribution is -0.120. The topological polar surface area (TPSA) is 93.5 Å². The van der Waals surface area contributed by atoms with Gasteiger partial charge in [-0.25, -0.2) is 4.79 Å². The number of hydrogen-bond acceptors (Lipinski definition) is 4. The molecule has 6 nitrogen and oxygen atoms in total. The molecule has 18 heavy (non-hydrogen) atoms. The van der Waals surface area contributed by atoms with Crippen LogP contribution in [-0.2, 0) is 9.53 Å². The summed E-state index contributed by atoms with van der Waals surface area (Å²) in [5.74, 6) is -0.0300. The number of ether oxygens (including phenoxy) is 1. The molecule has 0 atom stereocenters. The zero-order valence-corrected chi connectivity index (χ0v) is 11.5. The first kappa shape index (κ1) is 16.7. The molecule has 0 spiro atoms. The maximum atomic E-state index is 11.3. The first-order valence-corrected chi connectivity index (χ1v) is 6.29. The van der Waals surface area contributed by atoms with Crippen LogP contribution in [0.25, 0.3) is 0 Å². The third-order valence-electron chi connectivity index (χ3n) is 1.97. The maximum Gasteiger partial charge on any atom is 0.407 e. The van der Waals surface area contributed by atoms with Gasteiger partial charge in [0, 0.05) is 26.1 Å². The van der Waals surface area contributed by atoms with E-state index in [0.717, 1.165) is 12.8 Å². The SMILES string of the molecule is CC(C)(C)OC(=O)NCCCCNC(=O)CCN. The monoisotopic (exact) mass is 259 g/mol. The van der Waals surface area contributed by atoms with Crippen LogP contribution in [0.2, 0.25) is 0 Å². The lowest BCUT2D eigenvalue weighted by atomic mass is 10.2. The van der Waals surface area contributed by atoms with E-state index in [1.165, 1.54) is 0 Å². The van der Waals surface area contributed by atoms with Crippen molar-refractivity contribution in [1.82, 2.24) is 10.6 Å². The number of carbonyl (C=O) groups is 2. The van der Waals surface area contributed by atoms with Crippen LogP contribution in [0.15, 0.2) is 0 Å². The Bertz CT molecular complexity index is 262. The number of amides is 2. The molecule has 0 aromatic rings. The zero-order chi connectivity index (χ0) is 14.0. The molecule has 2 amide bonds. The van der Waals surface area contributed by atoms with Crippen molar-refractivity contribution in [2.75, 3.05) is 19.6 Å². The minimum absolute atomic E-state index is 0.0300. The van der Waals surface area contributed by atoms with Crippen molar-refractivity contribution in [1.29, 1.82) is 0 Å². The van der Waals surface area contributed by atoms with Gasteiger partial charge in [-0.15, -0.1) is 0 Å². The van der Waals surface area contributed by atoms with E-state index in [2.05, 4.69) is 10.6 Å². The summed E-state index contributed by atoms with van der Waals surface area (Å²) >= 11 is 0. The average Bonchev–Trinajstić information content (AvgIpc) is 2.21. The van der Waals surface area contributed by atoms with Gasteiger partial charge in [0.2, 0.25) is 5.91 Å². The van der Waals surface area contributed by atoms with Crippen LogP contribution in [0.5, 0.6) is 0 Å². The van der Waals surface area contributed by atoms with Gasteiger partial charge < -0.3 is 21.1 Å². The molecule has 0 aliphatic rings. The predicted molar refractivity (Wildman–Crippen MR) is 70.2 cm³/mol. The molecule has 0 saturated carbocycles. The molecule has 0 heterocycles. The van der Waals surface area contributed by atoms with Gasteiger partial charge in [-0.05, 0) is 33.6 Å².